The van der Waals surface area contributed by atoms with Crippen LogP contribution in [0.5, 0.6) is 0 Å². The minimum absolute atomic E-state index is 0.179. The number of carboxylic acids is 1. The Morgan fingerprint density at radius 1 is 1.23 bits per heavy atom. The van der Waals surface area contributed by atoms with Crippen LogP contribution in [-0.4, -0.2) is 23.0 Å². The van der Waals surface area contributed by atoms with Crippen LogP contribution in [0.1, 0.15) is 30.6 Å². The second-order valence-corrected chi connectivity index (χ2v) is 5.59. The maximum atomic E-state index is 12.3. The first-order valence-electron chi connectivity index (χ1n) is 7.13. The molecule has 1 atom stereocenters. The largest absolute Gasteiger partial charge is 0.480 e. The van der Waals surface area contributed by atoms with Crippen LogP contribution < -0.4 is 5.32 Å². The van der Waals surface area contributed by atoms with Gasteiger partial charge in [0.25, 0.3) is 5.91 Å². The van der Waals surface area contributed by atoms with Gasteiger partial charge in [-0.15, -0.1) is 0 Å². The van der Waals surface area contributed by atoms with Crippen molar-refractivity contribution in [2.45, 2.75) is 26.3 Å². The van der Waals surface area contributed by atoms with Crippen LogP contribution in [0, 0.1) is 5.92 Å². The Balaban J connectivity index is 2.15. The van der Waals surface area contributed by atoms with E-state index in [2.05, 4.69) is 5.32 Å². The van der Waals surface area contributed by atoms with Crippen LogP contribution in [0.3, 0.4) is 0 Å². The summed E-state index contributed by atoms with van der Waals surface area (Å²) in [7, 11) is 0. The number of benzene rings is 1. The van der Waals surface area contributed by atoms with E-state index in [-0.39, 0.29) is 5.92 Å². The standard InChI is InChI=1S/C17H19NO4/c1-11(2)8-15(17(20)21)18-16(19)13-5-3-4-12(9-13)14-6-7-22-10-14/h3-7,9-11,15H,8H2,1-2H3,(H,18,19)(H,20,21). The summed E-state index contributed by atoms with van der Waals surface area (Å²) in [6.45, 7) is 3.84. The van der Waals surface area contributed by atoms with E-state index in [1.54, 1.807) is 36.8 Å². The molecule has 0 aliphatic heterocycles. The van der Waals surface area contributed by atoms with E-state index in [0.717, 1.165) is 11.1 Å². The molecule has 0 saturated heterocycles. The van der Waals surface area contributed by atoms with Gasteiger partial charge in [-0.3, -0.25) is 4.79 Å². The second-order valence-electron chi connectivity index (χ2n) is 5.59. The molecular weight excluding hydrogens is 282 g/mol. The quantitative estimate of drug-likeness (QED) is 0.859. The molecule has 5 heteroatoms. The van der Waals surface area contributed by atoms with Gasteiger partial charge in [-0.25, -0.2) is 4.79 Å². The van der Waals surface area contributed by atoms with E-state index in [9.17, 15) is 14.7 Å². The van der Waals surface area contributed by atoms with Crippen molar-refractivity contribution in [2.24, 2.45) is 5.92 Å². The fourth-order valence-electron chi connectivity index (χ4n) is 2.20. The van der Waals surface area contributed by atoms with Gasteiger partial charge in [0.15, 0.2) is 0 Å². The topological polar surface area (TPSA) is 79.5 Å². The van der Waals surface area contributed by atoms with Crippen LogP contribution in [0.2, 0.25) is 0 Å². The second kappa shape index (κ2) is 6.93. The third kappa shape index (κ3) is 3.97. The Morgan fingerprint density at radius 3 is 2.59 bits per heavy atom. The molecule has 0 saturated carbocycles. The van der Waals surface area contributed by atoms with Crippen molar-refractivity contribution in [2.75, 3.05) is 0 Å². The van der Waals surface area contributed by atoms with E-state index < -0.39 is 17.9 Å². The number of hydrogen-bond donors (Lipinski definition) is 2. The Kier molecular flexibility index (Phi) is 4.99. The summed E-state index contributed by atoms with van der Waals surface area (Å²) >= 11 is 0. The van der Waals surface area contributed by atoms with Gasteiger partial charge in [-0.05, 0) is 36.1 Å². The molecular formula is C17H19NO4. The van der Waals surface area contributed by atoms with Gasteiger partial charge < -0.3 is 14.8 Å². The molecule has 22 heavy (non-hydrogen) atoms. The minimum Gasteiger partial charge on any atom is -0.480 e. The lowest BCUT2D eigenvalue weighted by atomic mass is 10.0. The summed E-state index contributed by atoms with van der Waals surface area (Å²) in [5, 5.41) is 11.8. The summed E-state index contributed by atoms with van der Waals surface area (Å²) in [6.07, 6.45) is 3.55. The third-order valence-corrected chi connectivity index (χ3v) is 3.29. The van der Waals surface area contributed by atoms with E-state index in [1.807, 2.05) is 19.9 Å². The van der Waals surface area contributed by atoms with Gasteiger partial charge >= 0.3 is 5.97 Å². The summed E-state index contributed by atoms with van der Waals surface area (Å²) in [5.41, 5.74) is 2.14. The number of carbonyl (C=O) groups excluding carboxylic acids is 1. The zero-order chi connectivity index (χ0) is 16.1. The van der Waals surface area contributed by atoms with E-state index >= 15 is 0 Å². The smallest absolute Gasteiger partial charge is 0.326 e. The molecule has 1 amide bonds. The molecule has 0 radical (unpaired) electrons. The molecule has 1 heterocycles. The van der Waals surface area contributed by atoms with Crippen LogP contribution in [0.25, 0.3) is 11.1 Å². The highest BCUT2D eigenvalue weighted by Gasteiger charge is 2.21. The van der Waals surface area contributed by atoms with Gasteiger partial charge in [-0.2, -0.15) is 0 Å². The number of carbonyl (C=O) groups is 2. The molecule has 0 bridgehead atoms. The molecule has 5 nitrogen and oxygen atoms in total. The van der Waals surface area contributed by atoms with Crippen molar-refractivity contribution >= 4 is 11.9 Å². The lowest BCUT2D eigenvalue weighted by Crippen LogP contribution is -2.41. The number of hydrogen-bond acceptors (Lipinski definition) is 3. The van der Waals surface area contributed by atoms with Crippen molar-refractivity contribution in [3.63, 3.8) is 0 Å². The Bertz CT molecular complexity index is 646. The Morgan fingerprint density at radius 2 is 2.00 bits per heavy atom. The highest BCUT2D eigenvalue weighted by atomic mass is 16.4. The average Bonchev–Trinajstić information content (AvgIpc) is 3.00. The molecule has 0 fully saturated rings. The number of carboxylic acid groups (broad SMARTS) is 1. The van der Waals surface area contributed by atoms with Crippen molar-refractivity contribution in [3.8, 4) is 11.1 Å². The summed E-state index contributed by atoms with van der Waals surface area (Å²) in [4.78, 5) is 23.5. The first kappa shape index (κ1) is 15.8. The van der Waals surface area contributed by atoms with Crippen molar-refractivity contribution in [3.05, 3.63) is 48.4 Å². The number of furan rings is 1. The molecule has 0 aliphatic carbocycles. The monoisotopic (exact) mass is 301 g/mol. The fraction of sp³-hybridized carbons (Fsp3) is 0.294. The van der Waals surface area contributed by atoms with E-state index in [0.29, 0.717) is 12.0 Å². The van der Waals surface area contributed by atoms with Crippen LogP contribution >= 0.6 is 0 Å². The molecule has 116 valence electrons. The van der Waals surface area contributed by atoms with Gasteiger partial charge in [-0.1, -0.05) is 26.0 Å². The summed E-state index contributed by atoms with van der Waals surface area (Å²) in [5.74, 6) is -1.23. The highest BCUT2D eigenvalue weighted by molar-refractivity contribution is 5.97. The van der Waals surface area contributed by atoms with Gasteiger partial charge in [0.2, 0.25) is 0 Å². The molecule has 0 spiro atoms. The van der Waals surface area contributed by atoms with Gasteiger partial charge in [0, 0.05) is 11.1 Å². The lowest BCUT2D eigenvalue weighted by molar-refractivity contribution is -0.139. The van der Waals surface area contributed by atoms with Crippen molar-refractivity contribution < 1.29 is 19.1 Å². The molecule has 2 rings (SSSR count). The SMILES string of the molecule is CC(C)CC(NC(=O)c1cccc(-c2ccoc2)c1)C(=O)O. The highest BCUT2D eigenvalue weighted by Crippen LogP contribution is 2.20. The zero-order valence-corrected chi connectivity index (χ0v) is 12.6. The predicted molar refractivity (Wildman–Crippen MR) is 82.5 cm³/mol. The molecule has 2 aromatic rings. The average molecular weight is 301 g/mol. The molecule has 0 aliphatic rings. The zero-order valence-electron chi connectivity index (χ0n) is 12.6. The molecule has 1 aromatic heterocycles. The van der Waals surface area contributed by atoms with Crippen molar-refractivity contribution in [1.82, 2.24) is 5.32 Å². The number of nitrogens with one attached hydrogen (secondary N) is 1. The molecule has 1 aromatic carbocycles. The van der Waals surface area contributed by atoms with Crippen molar-refractivity contribution in [1.29, 1.82) is 0 Å². The maximum absolute atomic E-state index is 12.3. The van der Waals surface area contributed by atoms with Gasteiger partial charge in [0.05, 0.1) is 12.5 Å². The first-order valence-corrected chi connectivity index (χ1v) is 7.13. The predicted octanol–water partition coefficient (Wildman–Crippen LogP) is 3.18. The summed E-state index contributed by atoms with van der Waals surface area (Å²) < 4.78 is 5.03. The van der Waals surface area contributed by atoms with E-state index in [4.69, 9.17) is 4.42 Å². The Hall–Kier alpha value is -2.56. The molecule has 1 unspecified atom stereocenters. The van der Waals surface area contributed by atoms with Crippen LogP contribution in [0.15, 0.2) is 47.3 Å². The van der Waals surface area contributed by atoms with Crippen LogP contribution in [-0.2, 0) is 4.79 Å². The maximum Gasteiger partial charge on any atom is 0.326 e. The molecule has 2 N–H and O–H groups in total. The minimum atomic E-state index is -1.02. The van der Waals surface area contributed by atoms with Gasteiger partial charge in [0.1, 0.15) is 6.04 Å². The van der Waals surface area contributed by atoms with E-state index in [1.165, 1.54) is 0 Å². The third-order valence-electron chi connectivity index (χ3n) is 3.29. The normalized spacial score (nSPS) is 12.1. The Labute approximate surface area is 129 Å². The number of aliphatic carboxylic acids is 1. The number of amides is 1. The van der Waals surface area contributed by atoms with Crippen LogP contribution in [0.4, 0.5) is 0 Å². The fourth-order valence-corrected chi connectivity index (χ4v) is 2.20. The lowest BCUT2D eigenvalue weighted by Gasteiger charge is -2.16. The summed E-state index contributed by atoms with van der Waals surface area (Å²) in [6, 6.07) is 7.92. The first-order chi connectivity index (χ1) is 10.5. The number of rotatable bonds is 6.